The molecule has 0 atom stereocenters. The average molecular weight is 319 g/mol. The Morgan fingerprint density at radius 1 is 1.26 bits per heavy atom. The second kappa shape index (κ2) is 7.98. The number of halogens is 2. The summed E-state index contributed by atoms with van der Waals surface area (Å²) < 4.78 is 28.5. The number of hydrogen-bond donors (Lipinski definition) is 1. The van der Waals surface area contributed by atoms with Gasteiger partial charge in [-0.3, -0.25) is 9.78 Å². The van der Waals surface area contributed by atoms with Crippen molar-refractivity contribution < 1.29 is 18.3 Å². The van der Waals surface area contributed by atoms with Gasteiger partial charge >= 0.3 is 6.61 Å². The zero-order chi connectivity index (χ0) is 16.7. The van der Waals surface area contributed by atoms with Gasteiger partial charge in [-0.1, -0.05) is 6.92 Å². The summed E-state index contributed by atoms with van der Waals surface area (Å²) in [5.41, 5.74) is 4.17. The molecule has 1 aromatic heterocycles. The number of amides is 1. The van der Waals surface area contributed by atoms with Gasteiger partial charge < -0.3 is 4.74 Å². The molecular formula is C16H15F2N3O2. The maximum absolute atomic E-state index is 12.1. The first-order valence-electron chi connectivity index (χ1n) is 6.92. The highest BCUT2D eigenvalue weighted by Crippen LogP contribution is 2.16. The van der Waals surface area contributed by atoms with Crippen LogP contribution in [0.15, 0.2) is 53.9 Å². The molecule has 0 spiro atoms. The van der Waals surface area contributed by atoms with Gasteiger partial charge in [-0.15, -0.1) is 0 Å². The van der Waals surface area contributed by atoms with Crippen molar-refractivity contribution in [1.82, 2.24) is 10.4 Å². The lowest BCUT2D eigenvalue weighted by atomic mass is 10.1. The number of rotatable bonds is 6. The first-order chi connectivity index (χ1) is 11.1. The maximum atomic E-state index is 12.1. The molecular weight excluding hydrogens is 304 g/mol. The minimum Gasteiger partial charge on any atom is -0.435 e. The van der Waals surface area contributed by atoms with Crippen LogP contribution in [-0.4, -0.2) is 23.2 Å². The lowest BCUT2D eigenvalue weighted by molar-refractivity contribution is -0.0498. The van der Waals surface area contributed by atoms with E-state index < -0.39 is 6.61 Å². The van der Waals surface area contributed by atoms with Gasteiger partial charge in [0.05, 0.1) is 11.3 Å². The molecule has 0 radical (unpaired) electrons. The van der Waals surface area contributed by atoms with E-state index in [0.717, 1.165) is 0 Å². The molecule has 7 heteroatoms. The highest BCUT2D eigenvalue weighted by Gasteiger charge is 2.08. The zero-order valence-electron chi connectivity index (χ0n) is 12.4. The zero-order valence-corrected chi connectivity index (χ0v) is 12.4. The average Bonchev–Trinajstić information content (AvgIpc) is 2.57. The van der Waals surface area contributed by atoms with E-state index in [0.29, 0.717) is 23.3 Å². The number of hydrazone groups is 1. The van der Waals surface area contributed by atoms with E-state index >= 15 is 0 Å². The summed E-state index contributed by atoms with van der Waals surface area (Å²) in [6.07, 6.45) is 3.57. The highest BCUT2D eigenvalue weighted by molar-refractivity contribution is 6.02. The Balaban J connectivity index is 2.08. The van der Waals surface area contributed by atoms with Crippen molar-refractivity contribution in [3.63, 3.8) is 0 Å². The largest absolute Gasteiger partial charge is 0.435 e. The first kappa shape index (κ1) is 16.5. The van der Waals surface area contributed by atoms with Gasteiger partial charge in [0, 0.05) is 12.4 Å². The van der Waals surface area contributed by atoms with E-state index in [9.17, 15) is 13.6 Å². The van der Waals surface area contributed by atoms with Crippen molar-refractivity contribution in [3.8, 4) is 5.75 Å². The van der Waals surface area contributed by atoms with E-state index in [1.54, 1.807) is 30.5 Å². The predicted molar refractivity (Wildman–Crippen MR) is 81.6 cm³/mol. The molecule has 1 N–H and O–H groups in total. The van der Waals surface area contributed by atoms with Crippen LogP contribution in [0.3, 0.4) is 0 Å². The molecule has 1 aromatic carbocycles. The minimum atomic E-state index is -2.86. The van der Waals surface area contributed by atoms with Crippen LogP contribution in [-0.2, 0) is 0 Å². The summed E-state index contributed by atoms with van der Waals surface area (Å²) in [4.78, 5) is 15.8. The van der Waals surface area contributed by atoms with Crippen LogP contribution in [0.4, 0.5) is 8.78 Å². The number of carbonyl (C=O) groups excluding carboxylic acids is 1. The Labute approximate surface area is 132 Å². The number of aromatic nitrogens is 1. The second-order valence-electron chi connectivity index (χ2n) is 4.50. The molecule has 23 heavy (non-hydrogen) atoms. The van der Waals surface area contributed by atoms with Crippen LogP contribution >= 0.6 is 0 Å². The molecule has 0 bridgehead atoms. The minimum absolute atomic E-state index is 0.0681. The van der Waals surface area contributed by atoms with Crippen LogP contribution in [0.25, 0.3) is 0 Å². The summed E-state index contributed by atoms with van der Waals surface area (Å²) in [5.74, 6) is -0.305. The number of hydrogen-bond acceptors (Lipinski definition) is 4. The molecule has 0 aliphatic carbocycles. The molecule has 120 valence electrons. The van der Waals surface area contributed by atoms with Crippen molar-refractivity contribution >= 4 is 11.6 Å². The number of carbonyl (C=O) groups is 1. The van der Waals surface area contributed by atoms with Crippen molar-refractivity contribution in [2.45, 2.75) is 20.0 Å². The molecule has 1 heterocycles. The standard InChI is InChI=1S/C16H15F2N3O2/c1-2-14(11-5-7-13(8-6-11)23-16(17)18)20-21-15(22)12-4-3-9-19-10-12/h3-10,16H,2H2,1H3,(H,21,22)/b20-14-. The topological polar surface area (TPSA) is 63.6 Å². The van der Waals surface area contributed by atoms with Gasteiger partial charge in [-0.25, -0.2) is 5.43 Å². The third kappa shape index (κ3) is 4.84. The molecule has 0 fully saturated rings. The van der Waals surface area contributed by atoms with Crippen molar-refractivity contribution in [1.29, 1.82) is 0 Å². The van der Waals surface area contributed by atoms with E-state index in [4.69, 9.17) is 0 Å². The smallest absolute Gasteiger partial charge is 0.387 e. The van der Waals surface area contributed by atoms with Gasteiger partial charge in [0.15, 0.2) is 0 Å². The molecule has 2 rings (SSSR count). The number of nitrogens with one attached hydrogen (secondary N) is 1. The molecule has 0 unspecified atom stereocenters. The summed E-state index contributed by atoms with van der Waals surface area (Å²) in [6, 6.07) is 9.35. The van der Waals surface area contributed by atoms with Gasteiger partial charge in [0.1, 0.15) is 5.75 Å². The second-order valence-corrected chi connectivity index (χ2v) is 4.50. The summed E-state index contributed by atoms with van der Waals surface area (Å²) in [5, 5.41) is 4.08. The lowest BCUT2D eigenvalue weighted by Crippen LogP contribution is -2.20. The summed E-state index contributed by atoms with van der Waals surface area (Å²) in [6.45, 7) is -0.988. The highest BCUT2D eigenvalue weighted by atomic mass is 19.3. The van der Waals surface area contributed by atoms with Crippen molar-refractivity contribution in [2.75, 3.05) is 0 Å². The van der Waals surface area contributed by atoms with E-state index in [1.807, 2.05) is 6.92 Å². The Kier molecular flexibility index (Phi) is 5.74. The van der Waals surface area contributed by atoms with Gasteiger partial charge in [-0.2, -0.15) is 13.9 Å². The van der Waals surface area contributed by atoms with Crippen LogP contribution in [0.2, 0.25) is 0 Å². The summed E-state index contributed by atoms with van der Waals surface area (Å²) in [7, 11) is 0. The lowest BCUT2D eigenvalue weighted by Gasteiger charge is -2.07. The normalized spacial score (nSPS) is 11.4. The number of alkyl halides is 2. The summed E-state index contributed by atoms with van der Waals surface area (Å²) >= 11 is 0. The van der Waals surface area contributed by atoms with Crippen molar-refractivity contribution in [3.05, 3.63) is 59.9 Å². The molecule has 0 saturated carbocycles. The fourth-order valence-corrected chi connectivity index (χ4v) is 1.86. The Hall–Kier alpha value is -2.83. The SMILES string of the molecule is CC/C(=N/NC(=O)c1cccnc1)c1ccc(OC(F)F)cc1. The number of nitrogens with zero attached hydrogens (tertiary/aromatic N) is 2. The van der Waals surface area contributed by atoms with Gasteiger partial charge in [-0.05, 0) is 48.4 Å². The van der Waals surface area contributed by atoms with Gasteiger partial charge in [0.2, 0.25) is 0 Å². The first-order valence-corrected chi connectivity index (χ1v) is 6.92. The van der Waals surface area contributed by atoms with Crippen LogP contribution < -0.4 is 10.2 Å². The number of benzene rings is 1. The Morgan fingerprint density at radius 2 is 2.00 bits per heavy atom. The van der Waals surface area contributed by atoms with Crippen molar-refractivity contribution in [2.24, 2.45) is 5.10 Å². The monoisotopic (exact) mass is 319 g/mol. The van der Waals surface area contributed by atoms with E-state index in [2.05, 4.69) is 20.2 Å². The third-order valence-corrected chi connectivity index (χ3v) is 2.96. The van der Waals surface area contributed by atoms with Gasteiger partial charge in [0.25, 0.3) is 5.91 Å². The molecule has 0 saturated heterocycles. The third-order valence-electron chi connectivity index (χ3n) is 2.96. The Morgan fingerprint density at radius 3 is 2.57 bits per heavy atom. The molecule has 0 aliphatic rings. The van der Waals surface area contributed by atoms with Crippen LogP contribution in [0, 0.1) is 0 Å². The number of pyridine rings is 1. The van der Waals surface area contributed by atoms with Crippen LogP contribution in [0.1, 0.15) is 29.3 Å². The Bertz CT molecular complexity index is 673. The molecule has 5 nitrogen and oxygen atoms in total. The van der Waals surface area contributed by atoms with E-state index in [-0.39, 0.29) is 11.7 Å². The molecule has 2 aromatic rings. The van der Waals surface area contributed by atoms with E-state index in [1.165, 1.54) is 18.3 Å². The fourth-order valence-electron chi connectivity index (χ4n) is 1.86. The molecule has 1 amide bonds. The quantitative estimate of drug-likeness (QED) is 0.657. The number of ether oxygens (including phenoxy) is 1. The maximum Gasteiger partial charge on any atom is 0.387 e. The van der Waals surface area contributed by atoms with Crippen LogP contribution in [0.5, 0.6) is 5.75 Å². The predicted octanol–water partition coefficient (Wildman–Crippen LogP) is 3.23. The molecule has 0 aliphatic heterocycles. The fraction of sp³-hybridized carbons (Fsp3) is 0.188.